The Labute approximate surface area is 185 Å². The standard InChI is InChI=1S/C21H19ClO10/c22-15-12(31-21-20(29)19(28)17(26)13(6-23)32-21)5-11-14(18(15)27)16(25)10(7-30-11)8-1-3-9(24)4-2-8/h1-5,7,13,17,19-21,23-24,26-29H,6H2/t13?,17-,19?,20?,21-/m1/s1. The minimum Gasteiger partial charge on any atom is -0.508 e. The van der Waals surface area contributed by atoms with E-state index in [-0.39, 0.29) is 33.1 Å². The van der Waals surface area contributed by atoms with Crippen molar-refractivity contribution >= 4 is 22.6 Å². The van der Waals surface area contributed by atoms with Crippen LogP contribution in [0.25, 0.3) is 22.1 Å². The van der Waals surface area contributed by atoms with Crippen molar-refractivity contribution in [1.82, 2.24) is 0 Å². The summed E-state index contributed by atoms with van der Waals surface area (Å²) in [5, 5.41) is 58.6. The third-order valence-corrected chi connectivity index (χ3v) is 5.58. The first-order chi connectivity index (χ1) is 15.2. The van der Waals surface area contributed by atoms with Crippen molar-refractivity contribution in [2.24, 2.45) is 0 Å². The summed E-state index contributed by atoms with van der Waals surface area (Å²) in [4.78, 5) is 13.0. The summed E-state index contributed by atoms with van der Waals surface area (Å²) in [6.07, 6.45) is -6.55. The number of hydrogen-bond donors (Lipinski definition) is 6. The molecular weight excluding hydrogens is 448 g/mol. The van der Waals surface area contributed by atoms with Gasteiger partial charge in [0.2, 0.25) is 11.7 Å². The van der Waals surface area contributed by atoms with Crippen LogP contribution in [0.15, 0.2) is 45.8 Å². The average molecular weight is 467 g/mol. The van der Waals surface area contributed by atoms with Gasteiger partial charge in [-0.3, -0.25) is 4.79 Å². The second-order valence-corrected chi connectivity index (χ2v) is 7.63. The molecule has 1 saturated heterocycles. The van der Waals surface area contributed by atoms with E-state index in [2.05, 4.69) is 0 Å². The first-order valence-electron chi connectivity index (χ1n) is 9.46. The number of ether oxygens (including phenoxy) is 2. The fourth-order valence-corrected chi connectivity index (χ4v) is 3.63. The van der Waals surface area contributed by atoms with E-state index in [1.54, 1.807) is 0 Å². The number of aliphatic hydroxyl groups is 4. The number of phenolic OH excluding ortho intramolecular Hbond substituents is 2. The first kappa shape index (κ1) is 22.3. The van der Waals surface area contributed by atoms with Crippen molar-refractivity contribution in [3.63, 3.8) is 0 Å². The highest BCUT2D eigenvalue weighted by atomic mass is 35.5. The van der Waals surface area contributed by atoms with E-state index < -0.39 is 48.5 Å². The quantitative estimate of drug-likeness (QED) is 0.321. The van der Waals surface area contributed by atoms with Crippen molar-refractivity contribution in [3.8, 4) is 28.4 Å². The third kappa shape index (κ3) is 3.77. The summed E-state index contributed by atoms with van der Waals surface area (Å²) in [5.41, 5.74) is -0.114. The molecule has 0 spiro atoms. The molecule has 1 aliphatic heterocycles. The Bertz CT molecular complexity index is 1190. The molecule has 3 aromatic rings. The van der Waals surface area contributed by atoms with Gasteiger partial charge in [-0.05, 0) is 17.7 Å². The van der Waals surface area contributed by atoms with Gasteiger partial charge in [-0.2, -0.15) is 0 Å². The van der Waals surface area contributed by atoms with Gasteiger partial charge in [-0.15, -0.1) is 0 Å². The second-order valence-electron chi connectivity index (χ2n) is 7.25. The molecule has 10 nitrogen and oxygen atoms in total. The molecule has 1 aliphatic rings. The Balaban J connectivity index is 1.73. The monoisotopic (exact) mass is 466 g/mol. The maximum Gasteiger partial charge on any atom is 0.229 e. The Morgan fingerprint density at radius 3 is 2.38 bits per heavy atom. The Hall–Kier alpha value is -2.86. The molecule has 2 heterocycles. The number of fused-ring (bicyclic) bond motifs is 1. The molecule has 1 aromatic heterocycles. The van der Waals surface area contributed by atoms with Crippen LogP contribution in [0.1, 0.15) is 0 Å². The number of aliphatic hydroxyl groups excluding tert-OH is 4. The van der Waals surface area contributed by atoms with Gasteiger partial charge in [-0.1, -0.05) is 23.7 Å². The van der Waals surface area contributed by atoms with Crippen LogP contribution in [0.3, 0.4) is 0 Å². The minimum absolute atomic E-state index is 0.0137. The van der Waals surface area contributed by atoms with Gasteiger partial charge in [0.1, 0.15) is 58.2 Å². The second kappa shape index (κ2) is 8.58. The maximum absolute atomic E-state index is 13.0. The molecule has 0 amide bonds. The largest absolute Gasteiger partial charge is 0.508 e. The van der Waals surface area contributed by atoms with Crippen LogP contribution in [0.2, 0.25) is 5.02 Å². The van der Waals surface area contributed by atoms with Gasteiger partial charge in [0.05, 0.1) is 12.2 Å². The molecule has 5 atom stereocenters. The van der Waals surface area contributed by atoms with E-state index in [4.69, 9.17) is 25.5 Å². The number of benzene rings is 2. The first-order valence-corrected chi connectivity index (χ1v) is 9.84. The van der Waals surface area contributed by atoms with E-state index in [0.29, 0.717) is 5.56 Å². The number of halogens is 1. The zero-order valence-electron chi connectivity index (χ0n) is 16.3. The SMILES string of the molecule is O=c1c(-c2ccc(O)cc2)coc2cc(O[C@@H]3OC(CO)[C@@H](O)C(O)C3O)c(Cl)c(O)c12. The smallest absolute Gasteiger partial charge is 0.229 e. The van der Waals surface area contributed by atoms with Crippen LogP contribution in [0.5, 0.6) is 17.2 Å². The minimum atomic E-state index is -1.70. The molecule has 0 aliphatic carbocycles. The summed E-state index contributed by atoms with van der Waals surface area (Å²) in [7, 11) is 0. The van der Waals surface area contributed by atoms with Crippen molar-refractivity contribution in [2.75, 3.05) is 6.61 Å². The van der Waals surface area contributed by atoms with E-state index in [0.717, 1.165) is 0 Å². The number of aromatic hydroxyl groups is 2. The molecule has 11 heteroatoms. The van der Waals surface area contributed by atoms with Gasteiger partial charge in [0.15, 0.2) is 5.75 Å². The van der Waals surface area contributed by atoms with E-state index in [1.165, 1.54) is 36.6 Å². The van der Waals surface area contributed by atoms with Gasteiger partial charge in [0, 0.05) is 6.07 Å². The van der Waals surface area contributed by atoms with Crippen molar-refractivity contribution in [3.05, 3.63) is 51.8 Å². The topological polar surface area (TPSA) is 170 Å². The molecule has 170 valence electrons. The molecule has 2 aromatic carbocycles. The fourth-order valence-electron chi connectivity index (χ4n) is 3.44. The third-order valence-electron chi connectivity index (χ3n) is 5.21. The summed E-state index contributed by atoms with van der Waals surface area (Å²) in [5.74, 6) is -0.862. The van der Waals surface area contributed by atoms with E-state index >= 15 is 0 Å². The Morgan fingerprint density at radius 1 is 1.03 bits per heavy atom. The van der Waals surface area contributed by atoms with Crippen LogP contribution >= 0.6 is 11.6 Å². The van der Waals surface area contributed by atoms with Crippen LogP contribution in [0.4, 0.5) is 0 Å². The zero-order chi connectivity index (χ0) is 23.2. The Morgan fingerprint density at radius 2 is 1.72 bits per heavy atom. The lowest BCUT2D eigenvalue weighted by Gasteiger charge is -2.39. The summed E-state index contributed by atoms with van der Waals surface area (Å²) >= 11 is 6.18. The molecule has 32 heavy (non-hydrogen) atoms. The summed E-state index contributed by atoms with van der Waals surface area (Å²) in [6.45, 7) is -0.656. The van der Waals surface area contributed by atoms with Gasteiger partial charge in [-0.25, -0.2) is 0 Å². The number of phenols is 2. The molecule has 6 N–H and O–H groups in total. The molecule has 3 unspecified atom stereocenters. The van der Waals surface area contributed by atoms with E-state index in [1.807, 2.05) is 0 Å². The lowest BCUT2D eigenvalue weighted by atomic mass is 9.99. The van der Waals surface area contributed by atoms with Gasteiger partial charge < -0.3 is 44.5 Å². The normalized spacial score (nSPS) is 25.7. The highest BCUT2D eigenvalue weighted by Crippen LogP contribution is 2.40. The molecule has 0 saturated carbocycles. The Kier molecular flexibility index (Phi) is 5.99. The fraction of sp³-hybridized carbons (Fsp3) is 0.286. The number of hydrogen-bond acceptors (Lipinski definition) is 10. The van der Waals surface area contributed by atoms with Gasteiger partial charge in [0.25, 0.3) is 0 Å². The molecular formula is C21H19ClO10. The predicted molar refractivity (Wildman–Crippen MR) is 111 cm³/mol. The lowest BCUT2D eigenvalue weighted by Crippen LogP contribution is -2.60. The highest BCUT2D eigenvalue weighted by molar-refractivity contribution is 6.34. The zero-order valence-corrected chi connectivity index (χ0v) is 17.0. The number of rotatable bonds is 4. The summed E-state index contributed by atoms with van der Waals surface area (Å²) in [6, 6.07) is 6.98. The van der Waals surface area contributed by atoms with Crippen molar-refractivity contribution in [1.29, 1.82) is 0 Å². The molecule has 1 fully saturated rings. The van der Waals surface area contributed by atoms with Crippen LogP contribution < -0.4 is 10.2 Å². The van der Waals surface area contributed by atoms with Crippen LogP contribution in [-0.4, -0.2) is 68.0 Å². The lowest BCUT2D eigenvalue weighted by molar-refractivity contribution is -0.277. The van der Waals surface area contributed by atoms with Crippen LogP contribution in [0, 0.1) is 0 Å². The molecule has 0 radical (unpaired) electrons. The maximum atomic E-state index is 13.0. The highest BCUT2D eigenvalue weighted by Gasteiger charge is 2.45. The molecule has 4 rings (SSSR count). The van der Waals surface area contributed by atoms with Gasteiger partial charge >= 0.3 is 0 Å². The average Bonchev–Trinajstić information content (AvgIpc) is 2.78. The summed E-state index contributed by atoms with van der Waals surface area (Å²) < 4.78 is 16.2. The van der Waals surface area contributed by atoms with Crippen molar-refractivity contribution < 1.29 is 44.5 Å². The molecule has 0 bridgehead atoms. The van der Waals surface area contributed by atoms with E-state index in [9.17, 15) is 35.4 Å². The predicted octanol–water partition coefficient (Wildman–Crippen LogP) is 0.703. The van der Waals surface area contributed by atoms with Crippen LogP contribution in [-0.2, 0) is 4.74 Å². The van der Waals surface area contributed by atoms with Crippen molar-refractivity contribution in [2.45, 2.75) is 30.7 Å².